The maximum absolute atomic E-state index is 13.3. The van der Waals surface area contributed by atoms with Crippen molar-refractivity contribution in [3.63, 3.8) is 0 Å². The summed E-state index contributed by atoms with van der Waals surface area (Å²) in [5.41, 5.74) is 5.43. The summed E-state index contributed by atoms with van der Waals surface area (Å²) in [5.74, 6) is -0.469. The van der Waals surface area contributed by atoms with Gasteiger partial charge in [-0.3, -0.25) is 4.79 Å². The summed E-state index contributed by atoms with van der Waals surface area (Å²) < 4.78 is 33.3. The summed E-state index contributed by atoms with van der Waals surface area (Å²) in [6.07, 6.45) is 6.22. The van der Waals surface area contributed by atoms with E-state index in [0.717, 1.165) is 12.8 Å². The Balaban J connectivity index is 1.65. The molecule has 2 fully saturated rings. The molecule has 4 rings (SSSR count). The Morgan fingerprint density at radius 1 is 1.15 bits per heavy atom. The van der Waals surface area contributed by atoms with Crippen LogP contribution in [0.25, 0.3) is 0 Å². The predicted octanol–water partition coefficient (Wildman–Crippen LogP) is 0.942. The first-order valence-electron chi connectivity index (χ1n) is 8.79. The number of nitrogens with two attached hydrogens (primary N) is 1. The van der Waals surface area contributed by atoms with Gasteiger partial charge in [-0.05, 0) is 43.9 Å². The Morgan fingerprint density at radius 3 is 2.33 bits per heavy atom. The number of nitrogens with zero attached hydrogens (tertiary/aromatic N) is 4. The second-order valence-corrected chi connectivity index (χ2v) is 8.76. The van der Waals surface area contributed by atoms with Gasteiger partial charge in [0, 0.05) is 12.1 Å². The Labute approximate surface area is 157 Å². The number of carbonyl (C=O) groups excluding carboxylic acids is 1. The van der Waals surface area contributed by atoms with Gasteiger partial charge >= 0.3 is 0 Å². The zero-order chi connectivity index (χ0) is 19.2. The largest absolute Gasteiger partial charge is 0.496 e. The number of benzene rings is 1. The van der Waals surface area contributed by atoms with E-state index in [4.69, 9.17) is 10.5 Å². The van der Waals surface area contributed by atoms with E-state index in [0.29, 0.717) is 12.8 Å². The minimum absolute atomic E-state index is 0.0570. The van der Waals surface area contributed by atoms with Crippen molar-refractivity contribution in [2.45, 2.75) is 48.7 Å². The molecular formula is C17H21N5O4S. The number of fused-ring (bicyclic) bond motifs is 2. The van der Waals surface area contributed by atoms with Crippen LogP contribution in [0.3, 0.4) is 0 Å². The van der Waals surface area contributed by atoms with Crippen molar-refractivity contribution in [2.75, 3.05) is 7.11 Å². The maximum atomic E-state index is 13.3. The van der Waals surface area contributed by atoms with Crippen molar-refractivity contribution in [1.29, 1.82) is 0 Å². The summed E-state index contributed by atoms with van der Waals surface area (Å²) in [4.78, 5) is 13.4. The number of methoxy groups -OCH3 is 1. The molecule has 2 aliphatic heterocycles. The molecule has 27 heavy (non-hydrogen) atoms. The lowest BCUT2D eigenvalue weighted by molar-refractivity contribution is 0.0997. The zero-order valence-electron chi connectivity index (χ0n) is 14.9. The van der Waals surface area contributed by atoms with Gasteiger partial charge in [0.2, 0.25) is 10.0 Å². The molecule has 2 atom stereocenters. The number of carbonyl (C=O) groups is 1. The van der Waals surface area contributed by atoms with Crippen LogP contribution in [0.1, 0.15) is 42.1 Å². The van der Waals surface area contributed by atoms with Crippen molar-refractivity contribution in [1.82, 2.24) is 19.3 Å². The first kappa shape index (κ1) is 17.9. The molecule has 2 N–H and O–H groups in total. The number of piperidine rings is 1. The fraction of sp³-hybridized carbons (Fsp3) is 0.471. The molecule has 0 radical (unpaired) electrons. The van der Waals surface area contributed by atoms with Crippen LogP contribution in [0.4, 0.5) is 0 Å². The quantitative estimate of drug-likeness (QED) is 0.810. The van der Waals surface area contributed by atoms with Crippen LogP contribution in [-0.2, 0) is 10.0 Å². The monoisotopic (exact) mass is 391 g/mol. The number of hydrogen-bond acceptors (Lipinski definition) is 6. The average Bonchev–Trinajstić information content (AvgIpc) is 3.28. The van der Waals surface area contributed by atoms with Crippen molar-refractivity contribution in [3.8, 4) is 5.75 Å². The molecule has 2 aliphatic rings. The molecule has 2 saturated heterocycles. The van der Waals surface area contributed by atoms with E-state index >= 15 is 0 Å². The molecule has 144 valence electrons. The van der Waals surface area contributed by atoms with E-state index in [1.165, 1.54) is 25.3 Å². The van der Waals surface area contributed by atoms with Gasteiger partial charge in [0.1, 0.15) is 5.75 Å². The van der Waals surface area contributed by atoms with Crippen molar-refractivity contribution >= 4 is 15.9 Å². The highest BCUT2D eigenvalue weighted by atomic mass is 32.2. The lowest BCUT2D eigenvalue weighted by Crippen LogP contribution is -2.47. The Hall–Kier alpha value is -2.46. The Bertz CT molecular complexity index is 946. The molecule has 1 aromatic carbocycles. The van der Waals surface area contributed by atoms with Gasteiger partial charge in [-0.15, -0.1) is 0 Å². The molecular weight excluding hydrogens is 370 g/mol. The first-order chi connectivity index (χ1) is 12.9. The zero-order valence-corrected chi connectivity index (χ0v) is 15.7. The topological polar surface area (TPSA) is 120 Å². The summed E-state index contributed by atoms with van der Waals surface area (Å²) in [5, 5.41) is 8.41. The second kappa shape index (κ2) is 6.61. The number of hydrogen-bond donors (Lipinski definition) is 1. The van der Waals surface area contributed by atoms with Gasteiger partial charge in [0.25, 0.3) is 5.91 Å². The fourth-order valence-corrected chi connectivity index (χ4v) is 6.18. The smallest absolute Gasteiger partial charge is 0.252 e. The van der Waals surface area contributed by atoms with E-state index in [1.54, 1.807) is 21.5 Å². The molecule has 0 aliphatic carbocycles. The third-order valence-corrected chi connectivity index (χ3v) is 7.42. The average molecular weight is 391 g/mol. The summed E-state index contributed by atoms with van der Waals surface area (Å²) in [6.45, 7) is 0. The molecule has 9 nitrogen and oxygen atoms in total. The minimum atomic E-state index is -3.75. The van der Waals surface area contributed by atoms with Crippen LogP contribution in [0.15, 0.2) is 35.5 Å². The highest BCUT2D eigenvalue weighted by Gasteiger charge is 2.48. The van der Waals surface area contributed by atoms with E-state index < -0.39 is 15.9 Å². The fourth-order valence-electron chi connectivity index (χ4n) is 4.26. The van der Waals surface area contributed by atoms with Crippen LogP contribution in [-0.4, -0.2) is 52.8 Å². The van der Waals surface area contributed by atoms with Crippen molar-refractivity contribution in [3.05, 3.63) is 36.2 Å². The number of aromatic nitrogens is 3. The van der Waals surface area contributed by atoms with Crippen LogP contribution >= 0.6 is 0 Å². The van der Waals surface area contributed by atoms with Crippen LogP contribution in [0.5, 0.6) is 5.75 Å². The maximum Gasteiger partial charge on any atom is 0.252 e. The van der Waals surface area contributed by atoms with E-state index in [9.17, 15) is 13.2 Å². The molecule has 10 heteroatoms. The SMILES string of the molecule is COc1ccc(S(=O)(=O)N2C3CCC2CC(n2nccn2)C3)cc1C(N)=O. The number of amides is 1. The van der Waals surface area contributed by atoms with Crippen LogP contribution < -0.4 is 10.5 Å². The van der Waals surface area contributed by atoms with Gasteiger partial charge in [0.15, 0.2) is 0 Å². The van der Waals surface area contributed by atoms with E-state index in [-0.39, 0.29) is 34.3 Å². The van der Waals surface area contributed by atoms with Gasteiger partial charge in [-0.25, -0.2) is 8.42 Å². The summed E-state index contributed by atoms with van der Waals surface area (Å²) in [6, 6.07) is 4.11. The summed E-state index contributed by atoms with van der Waals surface area (Å²) >= 11 is 0. The van der Waals surface area contributed by atoms with E-state index in [2.05, 4.69) is 10.2 Å². The highest BCUT2D eigenvalue weighted by Crippen LogP contribution is 2.43. The van der Waals surface area contributed by atoms with Crippen LogP contribution in [0.2, 0.25) is 0 Å². The number of rotatable bonds is 5. The van der Waals surface area contributed by atoms with Crippen molar-refractivity contribution in [2.24, 2.45) is 5.73 Å². The van der Waals surface area contributed by atoms with Gasteiger partial charge in [-0.1, -0.05) is 0 Å². The predicted molar refractivity (Wildman–Crippen MR) is 95.6 cm³/mol. The lowest BCUT2D eigenvalue weighted by Gasteiger charge is -2.37. The van der Waals surface area contributed by atoms with Gasteiger partial charge in [0.05, 0.1) is 36.0 Å². The summed E-state index contributed by atoms with van der Waals surface area (Å²) in [7, 11) is -2.34. The van der Waals surface area contributed by atoms with Gasteiger partial charge < -0.3 is 10.5 Å². The molecule has 1 amide bonds. The van der Waals surface area contributed by atoms with Gasteiger partial charge in [-0.2, -0.15) is 19.3 Å². The molecule has 0 spiro atoms. The molecule has 0 saturated carbocycles. The normalized spacial score (nSPS) is 25.4. The van der Waals surface area contributed by atoms with Crippen LogP contribution in [0, 0.1) is 0 Å². The number of sulfonamides is 1. The molecule has 3 heterocycles. The molecule has 2 aromatic rings. The Morgan fingerprint density at radius 2 is 1.78 bits per heavy atom. The molecule has 1 aromatic heterocycles. The van der Waals surface area contributed by atoms with E-state index in [1.807, 2.05) is 0 Å². The third kappa shape index (κ3) is 2.98. The van der Waals surface area contributed by atoms with Crippen molar-refractivity contribution < 1.29 is 17.9 Å². The molecule has 2 bridgehead atoms. The standard InChI is InChI=1S/C17H21N5O4S/c1-26-16-5-4-14(10-15(16)17(18)23)27(24,25)21-11-2-3-12(21)9-13(8-11)22-19-6-7-20-22/h4-7,10-13H,2-3,8-9H2,1H3,(H2,18,23). The minimum Gasteiger partial charge on any atom is -0.496 e. The Kier molecular flexibility index (Phi) is 4.39. The number of primary amides is 1. The molecule has 2 unspecified atom stereocenters. The second-order valence-electron chi connectivity index (χ2n) is 6.92. The lowest BCUT2D eigenvalue weighted by atomic mass is 10.0. The third-order valence-electron chi connectivity index (χ3n) is 5.42. The highest BCUT2D eigenvalue weighted by molar-refractivity contribution is 7.89. The number of ether oxygens (including phenoxy) is 1. The first-order valence-corrected chi connectivity index (χ1v) is 10.2.